The van der Waals surface area contributed by atoms with E-state index in [2.05, 4.69) is 10.2 Å². The molecule has 0 aliphatic rings. The summed E-state index contributed by atoms with van der Waals surface area (Å²) in [4.78, 5) is 11.0. The Morgan fingerprint density at radius 2 is 2.07 bits per heavy atom. The van der Waals surface area contributed by atoms with Crippen LogP contribution >= 0.6 is 0 Å². The lowest BCUT2D eigenvalue weighted by molar-refractivity contribution is 0.477. The van der Waals surface area contributed by atoms with Crippen molar-refractivity contribution in [3.8, 4) is 17.0 Å². The van der Waals surface area contributed by atoms with Crippen molar-refractivity contribution >= 4 is 5.69 Å². The molecular formula is C10H9N3O2. The van der Waals surface area contributed by atoms with Crippen LogP contribution in [-0.2, 0) is 0 Å². The largest absolute Gasteiger partial charge is 0.507 e. The number of hydrogen-bond acceptors (Lipinski definition) is 4. The van der Waals surface area contributed by atoms with Crippen molar-refractivity contribution in [3.05, 3.63) is 40.7 Å². The van der Waals surface area contributed by atoms with E-state index < -0.39 is 5.56 Å². The summed E-state index contributed by atoms with van der Waals surface area (Å²) < 4.78 is 0. The number of rotatable bonds is 1. The molecule has 0 saturated carbocycles. The second-order valence-corrected chi connectivity index (χ2v) is 3.05. The number of hydrogen-bond donors (Lipinski definition) is 3. The number of nitrogens with zero attached hydrogens (tertiary/aromatic N) is 1. The molecule has 1 heterocycles. The molecular weight excluding hydrogens is 194 g/mol. The molecule has 15 heavy (non-hydrogen) atoms. The lowest BCUT2D eigenvalue weighted by Gasteiger charge is -2.02. The van der Waals surface area contributed by atoms with Gasteiger partial charge in [0.1, 0.15) is 11.4 Å². The van der Waals surface area contributed by atoms with E-state index in [9.17, 15) is 9.90 Å². The van der Waals surface area contributed by atoms with E-state index in [1.807, 2.05) is 0 Å². The molecule has 0 bridgehead atoms. The van der Waals surface area contributed by atoms with Crippen LogP contribution in [0.1, 0.15) is 0 Å². The van der Waals surface area contributed by atoms with E-state index in [0.29, 0.717) is 11.3 Å². The van der Waals surface area contributed by atoms with Gasteiger partial charge in [-0.15, -0.1) is 0 Å². The maximum absolute atomic E-state index is 11.0. The molecule has 76 valence electrons. The lowest BCUT2D eigenvalue weighted by atomic mass is 10.1. The zero-order valence-electron chi connectivity index (χ0n) is 7.77. The molecule has 0 amide bonds. The predicted octanol–water partition coefficient (Wildman–Crippen LogP) is 0.725. The molecule has 2 rings (SSSR count). The first-order valence-corrected chi connectivity index (χ1v) is 4.32. The summed E-state index contributed by atoms with van der Waals surface area (Å²) in [6.07, 6.45) is 0. The van der Waals surface area contributed by atoms with Gasteiger partial charge in [-0.2, -0.15) is 5.10 Å². The number of nitrogens with two attached hydrogens (primary N) is 1. The fraction of sp³-hybridized carbons (Fsp3) is 0. The second kappa shape index (κ2) is 3.45. The number of aromatic hydroxyl groups is 1. The van der Waals surface area contributed by atoms with Gasteiger partial charge in [-0.25, -0.2) is 5.10 Å². The van der Waals surface area contributed by atoms with E-state index in [0.717, 1.165) is 0 Å². The first kappa shape index (κ1) is 9.26. The third-order valence-electron chi connectivity index (χ3n) is 2.01. The maximum Gasteiger partial charge on any atom is 0.287 e. The number of phenolic OH excluding ortho intramolecular Hbond substituents is 1. The Bertz CT molecular complexity index is 548. The Hall–Kier alpha value is -2.30. The Labute approximate surface area is 85.2 Å². The number of benzene rings is 1. The molecule has 0 unspecified atom stereocenters. The molecule has 1 aromatic carbocycles. The SMILES string of the molecule is Nc1cc(-c2ccccc2O)n[nH]c1=O. The Balaban J connectivity index is 2.60. The van der Waals surface area contributed by atoms with Gasteiger partial charge in [0, 0.05) is 5.56 Å². The second-order valence-electron chi connectivity index (χ2n) is 3.05. The van der Waals surface area contributed by atoms with Crippen molar-refractivity contribution in [2.75, 3.05) is 5.73 Å². The first-order valence-electron chi connectivity index (χ1n) is 4.32. The number of nitrogens with one attached hydrogen (secondary N) is 1. The molecule has 1 aromatic heterocycles. The highest BCUT2D eigenvalue weighted by atomic mass is 16.3. The number of nitrogen functional groups attached to an aromatic ring is 1. The van der Waals surface area contributed by atoms with Gasteiger partial charge in [0.2, 0.25) is 0 Å². The highest BCUT2D eigenvalue weighted by molar-refractivity contribution is 5.68. The van der Waals surface area contributed by atoms with E-state index in [1.165, 1.54) is 12.1 Å². The molecule has 5 nitrogen and oxygen atoms in total. The van der Waals surface area contributed by atoms with Crippen LogP contribution < -0.4 is 11.3 Å². The average Bonchev–Trinajstić information content (AvgIpc) is 2.23. The van der Waals surface area contributed by atoms with Gasteiger partial charge in [0.25, 0.3) is 5.56 Å². The minimum absolute atomic E-state index is 0.0725. The van der Waals surface area contributed by atoms with Gasteiger partial charge in [0.15, 0.2) is 0 Å². The highest BCUT2D eigenvalue weighted by Crippen LogP contribution is 2.26. The van der Waals surface area contributed by atoms with Crippen LogP contribution in [0.5, 0.6) is 5.75 Å². The number of anilines is 1. The van der Waals surface area contributed by atoms with Crippen molar-refractivity contribution in [2.45, 2.75) is 0 Å². The monoisotopic (exact) mass is 203 g/mol. The van der Waals surface area contributed by atoms with Crippen LogP contribution in [0.2, 0.25) is 0 Å². The molecule has 0 aliphatic carbocycles. The van der Waals surface area contributed by atoms with Crippen LogP contribution in [0.25, 0.3) is 11.3 Å². The van der Waals surface area contributed by atoms with E-state index in [1.54, 1.807) is 18.2 Å². The maximum atomic E-state index is 11.0. The fourth-order valence-corrected chi connectivity index (χ4v) is 1.25. The van der Waals surface area contributed by atoms with Crippen LogP contribution in [-0.4, -0.2) is 15.3 Å². The van der Waals surface area contributed by atoms with Gasteiger partial charge in [0.05, 0.1) is 5.69 Å². The summed E-state index contributed by atoms with van der Waals surface area (Å²) >= 11 is 0. The summed E-state index contributed by atoms with van der Waals surface area (Å²) in [7, 11) is 0. The van der Waals surface area contributed by atoms with E-state index in [-0.39, 0.29) is 11.4 Å². The Morgan fingerprint density at radius 3 is 2.73 bits per heavy atom. The normalized spacial score (nSPS) is 10.1. The lowest BCUT2D eigenvalue weighted by Crippen LogP contribution is -2.13. The fourth-order valence-electron chi connectivity index (χ4n) is 1.25. The zero-order valence-corrected chi connectivity index (χ0v) is 7.77. The summed E-state index contributed by atoms with van der Waals surface area (Å²) in [5, 5.41) is 15.6. The summed E-state index contributed by atoms with van der Waals surface area (Å²) in [5.41, 5.74) is 6.04. The molecule has 4 N–H and O–H groups in total. The minimum atomic E-state index is -0.436. The van der Waals surface area contributed by atoms with Crippen molar-refractivity contribution in [1.29, 1.82) is 0 Å². The average molecular weight is 203 g/mol. The Kier molecular flexibility index (Phi) is 2.13. The molecule has 0 saturated heterocycles. The molecule has 2 aromatic rings. The standard InChI is InChI=1S/C10H9N3O2/c11-7-5-8(12-13-10(7)15)6-3-1-2-4-9(6)14/h1-5,14H,(H2,11,12)(H,13,15). The van der Waals surface area contributed by atoms with Crippen molar-refractivity contribution < 1.29 is 5.11 Å². The molecule has 5 heteroatoms. The number of phenols is 1. The van der Waals surface area contributed by atoms with Crippen LogP contribution in [0.15, 0.2) is 35.1 Å². The number of aromatic nitrogens is 2. The molecule has 0 fully saturated rings. The van der Waals surface area contributed by atoms with Crippen LogP contribution in [0, 0.1) is 0 Å². The zero-order chi connectivity index (χ0) is 10.8. The molecule has 0 atom stereocenters. The molecule has 0 spiro atoms. The third-order valence-corrected chi connectivity index (χ3v) is 2.01. The first-order chi connectivity index (χ1) is 7.18. The third kappa shape index (κ3) is 1.67. The Morgan fingerprint density at radius 1 is 1.33 bits per heavy atom. The number of H-pyrrole nitrogens is 1. The quantitative estimate of drug-likeness (QED) is 0.636. The summed E-state index contributed by atoms with van der Waals surface area (Å²) in [5.74, 6) is 0.0939. The van der Waals surface area contributed by atoms with Crippen molar-refractivity contribution in [3.63, 3.8) is 0 Å². The van der Waals surface area contributed by atoms with Gasteiger partial charge in [-0.1, -0.05) is 12.1 Å². The van der Waals surface area contributed by atoms with Crippen molar-refractivity contribution in [2.24, 2.45) is 0 Å². The summed E-state index contributed by atoms with van der Waals surface area (Å²) in [6, 6.07) is 8.12. The highest BCUT2D eigenvalue weighted by Gasteiger charge is 2.06. The van der Waals surface area contributed by atoms with Crippen molar-refractivity contribution in [1.82, 2.24) is 10.2 Å². The van der Waals surface area contributed by atoms with Gasteiger partial charge in [-0.3, -0.25) is 4.79 Å². The molecule has 0 radical (unpaired) electrons. The summed E-state index contributed by atoms with van der Waals surface area (Å²) in [6.45, 7) is 0. The molecule has 0 aliphatic heterocycles. The minimum Gasteiger partial charge on any atom is -0.507 e. The van der Waals surface area contributed by atoms with Crippen LogP contribution in [0.4, 0.5) is 5.69 Å². The predicted molar refractivity (Wildman–Crippen MR) is 56.4 cm³/mol. The van der Waals surface area contributed by atoms with Gasteiger partial charge >= 0.3 is 0 Å². The number of para-hydroxylation sites is 1. The van der Waals surface area contributed by atoms with Gasteiger partial charge < -0.3 is 10.8 Å². The van der Waals surface area contributed by atoms with E-state index in [4.69, 9.17) is 5.73 Å². The van der Waals surface area contributed by atoms with Gasteiger partial charge in [-0.05, 0) is 18.2 Å². The number of aromatic amines is 1. The van der Waals surface area contributed by atoms with E-state index >= 15 is 0 Å². The topological polar surface area (TPSA) is 92.0 Å². The van der Waals surface area contributed by atoms with Crippen LogP contribution in [0.3, 0.4) is 0 Å². The smallest absolute Gasteiger partial charge is 0.287 e.